The summed E-state index contributed by atoms with van der Waals surface area (Å²) in [6.07, 6.45) is 4.66. The van der Waals surface area contributed by atoms with Crippen molar-refractivity contribution >= 4 is 5.97 Å². The summed E-state index contributed by atoms with van der Waals surface area (Å²) in [6.45, 7) is 6.08. The molecule has 0 spiro atoms. The van der Waals surface area contributed by atoms with Crippen LogP contribution in [0.1, 0.15) is 70.5 Å². The average Bonchev–Trinajstić information content (AvgIpc) is 2.79. The van der Waals surface area contributed by atoms with Crippen LogP contribution in [0.15, 0.2) is 4.52 Å². The largest absolute Gasteiger partial charge is 0.465 e. The Balaban J connectivity index is 2.27. The van der Waals surface area contributed by atoms with Crippen molar-refractivity contribution < 1.29 is 14.1 Å². The molecule has 0 aliphatic heterocycles. The number of hydrogen-bond donors (Lipinski definition) is 0. The maximum absolute atomic E-state index is 12.2. The molecule has 0 N–H and O–H groups in total. The predicted octanol–water partition coefficient (Wildman–Crippen LogP) is 2.96. The van der Waals surface area contributed by atoms with Gasteiger partial charge in [-0.3, -0.25) is 4.79 Å². The third kappa shape index (κ3) is 2.38. The minimum atomic E-state index is -0.787. The Labute approximate surface area is 113 Å². The number of nitrogens with zero attached hydrogens (tertiary/aromatic N) is 2. The van der Waals surface area contributed by atoms with E-state index < -0.39 is 5.41 Å². The van der Waals surface area contributed by atoms with E-state index in [9.17, 15) is 4.79 Å². The normalized spacial score (nSPS) is 16.2. The van der Waals surface area contributed by atoms with Crippen molar-refractivity contribution in [3.8, 4) is 0 Å². The van der Waals surface area contributed by atoms with E-state index in [0.717, 1.165) is 18.7 Å². The third-order valence-electron chi connectivity index (χ3n) is 4.19. The van der Waals surface area contributed by atoms with E-state index in [-0.39, 0.29) is 5.97 Å². The molecule has 1 aliphatic rings. The lowest BCUT2D eigenvalue weighted by Crippen LogP contribution is -2.37. The van der Waals surface area contributed by atoms with Crippen LogP contribution in [-0.2, 0) is 14.9 Å². The second kappa shape index (κ2) is 5.72. The van der Waals surface area contributed by atoms with Crippen LogP contribution in [0.4, 0.5) is 0 Å². The van der Waals surface area contributed by atoms with Gasteiger partial charge in [-0.15, -0.1) is 0 Å². The van der Waals surface area contributed by atoms with Gasteiger partial charge in [-0.05, 0) is 32.6 Å². The number of hydrogen-bond acceptors (Lipinski definition) is 5. The minimum absolute atomic E-state index is 0.260. The van der Waals surface area contributed by atoms with Crippen LogP contribution >= 0.6 is 0 Å². The second-order valence-electron chi connectivity index (χ2n) is 5.10. The summed E-state index contributed by atoms with van der Waals surface area (Å²) in [7, 11) is 0. The first-order valence-corrected chi connectivity index (χ1v) is 7.19. The zero-order valence-electron chi connectivity index (χ0n) is 11.9. The first-order chi connectivity index (χ1) is 9.17. The Morgan fingerprint density at radius 2 is 2.05 bits per heavy atom. The molecule has 1 fully saturated rings. The monoisotopic (exact) mass is 266 g/mol. The number of carbonyl (C=O) groups excluding carboxylic acids is 1. The van der Waals surface area contributed by atoms with Crippen LogP contribution in [0.5, 0.6) is 0 Å². The van der Waals surface area contributed by atoms with Crippen LogP contribution in [0.3, 0.4) is 0 Å². The lowest BCUT2D eigenvalue weighted by Gasteiger charge is -2.25. The Bertz CT molecular complexity index is 434. The number of esters is 1. The van der Waals surface area contributed by atoms with Crippen LogP contribution in [-0.4, -0.2) is 22.7 Å². The molecule has 0 unspecified atom stereocenters. The molecular weight excluding hydrogens is 244 g/mol. The van der Waals surface area contributed by atoms with E-state index in [1.807, 2.05) is 20.8 Å². The highest BCUT2D eigenvalue weighted by Gasteiger charge is 2.44. The van der Waals surface area contributed by atoms with Gasteiger partial charge in [0.15, 0.2) is 5.82 Å². The van der Waals surface area contributed by atoms with E-state index in [4.69, 9.17) is 9.26 Å². The first kappa shape index (κ1) is 14.0. The Morgan fingerprint density at radius 1 is 1.37 bits per heavy atom. The third-order valence-corrected chi connectivity index (χ3v) is 4.19. The molecule has 1 saturated carbocycles. The van der Waals surface area contributed by atoms with Gasteiger partial charge in [-0.25, -0.2) is 0 Å². The summed E-state index contributed by atoms with van der Waals surface area (Å²) in [5.41, 5.74) is -0.787. The Kier molecular flexibility index (Phi) is 4.22. The van der Waals surface area contributed by atoms with Gasteiger partial charge in [0.2, 0.25) is 5.89 Å². The lowest BCUT2D eigenvalue weighted by atomic mass is 9.81. The van der Waals surface area contributed by atoms with Crippen molar-refractivity contribution in [3.63, 3.8) is 0 Å². The second-order valence-corrected chi connectivity index (χ2v) is 5.10. The fourth-order valence-corrected chi connectivity index (χ4v) is 2.46. The molecule has 0 saturated heterocycles. The SMILES string of the molecule is CCOC(=O)C(CC)(CC)c1nc(C2CCC2)no1. The van der Waals surface area contributed by atoms with Gasteiger partial charge in [0.1, 0.15) is 5.41 Å². The molecule has 19 heavy (non-hydrogen) atoms. The lowest BCUT2D eigenvalue weighted by molar-refractivity contribution is -0.151. The van der Waals surface area contributed by atoms with E-state index in [1.54, 1.807) is 0 Å². The van der Waals surface area contributed by atoms with Crippen molar-refractivity contribution in [2.45, 2.75) is 64.2 Å². The summed E-state index contributed by atoms with van der Waals surface area (Å²) in [4.78, 5) is 16.7. The van der Waals surface area contributed by atoms with Crippen molar-refractivity contribution in [2.24, 2.45) is 0 Å². The molecule has 0 atom stereocenters. The Morgan fingerprint density at radius 3 is 2.53 bits per heavy atom. The van der Waals surface area contributed by atoms with Gasteiger partial charge in [0.05, 0.1) is 6.61 Å². The van der Waals surface area contributed by atoms with E-state index in [1.165, 1.54) is 6.42 Å². The summed E-state index contributed by atoms with van der Waals surface area (Å²) >= 11 is 0. The molecule has 2 rings (SSSR count). The number of rotatable bonds is 6. The first-order valence-electron chi connectivity index (χ1n) is 7.19. The summed E-state index contributed by atoms with van der Waals surface area (Å²) in [5.74, 6) is 1.31. The van der Waals surface area contributed by atoms with Gasteiger partial charge in [-0.1, -0.05) is 25.4 Å². The highest BCUT2D eigenvalue weighted by molar-refractivity contribution is 5.81. The molecule has 0 aromatic carbocycles. The fourth-order valence-electron chi connectivity index (χ4n) is 2.46. The maximum Gasteiger partial charge on any atom is 0.321 e. The topological polar surface area (TPSA) is 65.2 Å². The quantitative estimate of drug-likeness (QED) is 0.741. The molecule has 5 nitrogen and oxygen atoms in total. The predicted molar refractivity (Wildman–Crippen MR) is 69.8 cm³/mol. The summed E-state index contributed by atoms with van der Waals surface area (Å²) in [5, 5.41) is 4.05. The molecule has 1 heterocycles. The minimum Gasteiger partial charge on any atom is -0.465 e. The van der Waals surface area contributed by atoms with Gasteiger partial charge in [0, 0.05) is 5.92 Å². The van der Waals surface area contributed by atoms with Crippen LogP contribution in [0, 0.1) is 0 Å². The standard InChI is InChI=1S/C14H22N2O3/c1-4-14(5-2,13(17)18-6-3)12-15-11(16-19-12)10-8-7-9-10/h10H,4-9H2,1-3H3. The summed E-state index contributed by atoms with van der Waals surface area (Å²) in [6, 6.07) is 0. The molecule has 0 bridgehead atoms. The van der Waals surface area contributed by atoms with Gasteiger partial charge >= 0.3 is 5.97 Å². The van der Waals surface area contributed by atoms with Crippen LogP contribution in [0.2, 0.25) is 0 Å². The molecule has 1 aromatic rings. The van der Waals surface area contributed by atoms with Gasteiger partial charge < -0.3 is 9.26 Å². The Hall–Kier alpha value is -1.39. The molecule has 0 radical (unpaired) electrons. The number of ether oxygens (including phenoxy) is 1. The zero-order valence-corrected chi connectivity index (χ0v) is 11.9. The number of carbonyl (C=O) groups is 1. The van der Waals surface area contributed by atoms with E-state index in [0.29, 0.717) is 31.3 Å². The number of aromatic nitrogens is 2. The molecule has 1 aliphatic carbocycles. The van der Waals surface area contributed by atoms with Crippen LogP contribution < -0.4 is 0 Å². The molecular formula is C14H22N2O3. The molecule has 1 aromatic heterocycles. The molecule has 5 heteroatoms. The zero-order chi connectivity index (χ0) is 13.9. The van der Waals surface area contributed by atoms with E-state index >= 15 is 0 Å². The van der Waals surface area contributed by atoms with Crippen molar-refractivity contribution in [1.29, 1.82) is 0 Å². The van der Waals surface area contributed by atoms with Crippen molar-refractivity contribution in [1.82, 2.24) is 10.1 Å². The van der Waals surface area contributed by atoms with E-state index in [2.05, 4.69) is 10.1 Å². The van der Waals surface area contributed by atoms with Gasteiger partial charge in [-0.2, -0.15) is 4.98 Å². The van der Waals surface area contributed by atoms with Crippen molar-refractivity contribution in [3.05, 3.63) is 11.7 Å². The summed E-state index contributed by atoms with van der Waals surface area (Å²) < 4.78 is 10.6. The maximum atomic E-state index is 12.2. The van der Waals surface area contributed by atoms with Gasteiger partial charge in [0.25, 0.3) is 0 Å². The molecule has 0 amide bonds. The van der Waals surface area contributed by atoms with Crippen LogP contribution in [0.25, 0.3) is 0 Å². The molecule has 106 valence electrons. The fraction of sp³-hybridized carbons (Fsp3) is 0.786. The van der Waals surface area contributed by atoms with Crippen molar-refractivity contribution in [2.75, 3.05) is 6.61 Å². The highest BCUT2D eigenvalue weighted by atomic mass is 16.5. The smallest absolute Gasteiger partial charge is 0.321 e. The average molecular weight is 266 g/mol. The highest BCUT2D eigenvalue weighted by Crippen LogP contribution is 2.37.